The Morgan fingerprint density at radius 1 is 0.537 bits per heavy atom. The summed E-state index contributed by atoms with van der Waals surface area (Å²) in [5, 5.41) is 1.36. The van der Waals surface area contributed by atoms with Gasteiger partial charge in [-0.3, -0.25) is 4.57 Å². The minimum Gasteiger partial charge on any atom is -0.510 e. The van der Waals surface area contributed by atoms with E-state index in [9.17, 15) is 5.48 Å². The average molecular weight is 1230 g/mol. The normalized spacial score (nSPS) is 14.5. The molecule has 0 atom stereocenters. The summed E-state index contributed by atoms with van der Waals surface area (Å²) in [6.07, 6.45) is 6.17. The predicted molar refractivity (Wildman–Crippen MR) is 326 cm³/mol. The van der Waals surface area contributed by atoms with Gasteiger partial charge in [-0.15, -0.1) is 29.7 Å². The van der Waals surface area contributed by atoms with E-state index in [4.69, 9.17) is 22.1 Å². The van der Waals surface area contributed by atoms with Crippen LogP contribution in [0.2, 0.25) is 0 Å². The summed E-state index contributed by atoms with van der Waals surface area (Å²) in [5.41, 5.74) is 9.06. The van der Waals surface area contributed by atoms with Gasteiger partial charge in [-0.25, -0.2) is 4.98 Å². The van der Waals surface area contributed by atoms with E-state index < -0.39 is 66.5 Å². The molecule has 0 aliphatic carbocycles. The molecule has 0 saturated heterocycles. The number of imidazole rings is 1. The maximum Gasteiger partial charge on any atom is 0.268 e. The fourth-order valence-corrected chi connectivity index (χ4v) is 10.7. The third kappa shape index (κ3) is 9.54. The first-order valence-corrected chi connectivity index (χ1v) is 26.4. The molecule has 13 rings (SSSR count). The minimum absolute atomic E-state index is 0. The van der Waals surface area contributed by atoms with Gasteiger partial charge in [0.2, 0.25) is 0 Å². The quantitative estimate of drug-likeness (QED) is 0.107. The summed E-state index contributed by atoms with van der Waals surface area (Å²) in [6.45, 7) is 19.6. The van der Waals surface area contributed by atoms with Gasteiger partial charge >= 0.3 is 0 Å². The van der Waals surface area contributed by atoms with Crippen molar-refractivity contribution in [3.8, 4) is 56.6 Å². The van der Waals surface area contributed by atoms with Crippen molar-refractivity contribution in [3.05, 3.63) is 241 Å². The fraction of sp³-hybridized carbons (Fsp3) is 0.178. The molecule has 0 aliphatic rings. The molecule has 0 spiro atoms. The van der Waals surface area contributed by atoms with Crippen LogP contribution in [0.1, 0.15) is 96.8 Å². The van der Waals surface area contributed by atoms with Gasteiger partial charge in [0, 0.05) is 60.7 Å². The largest absolute Gasteiger partial charge is 0.510 e. The number of aromatic nitrogens is 5. The summed E-state index contributed by atoms with van der Waals surface area (Å²) in [4.78, 5) is 4.92. The molecule has 398 valence electrons. The molecule has 0 aliphatic heterocycles. The van der Waals surface area contributed by atoms with E-state index in [0.29, 0.717) is 67.3 Å². The van der Waals surface area contributed by atoms with E-state index in [1.54, 1.807) is 30.5 Å². The molecule has 0 N–H and O–H groups in total. The maximum atomic E-state index is 9.29. The van der Waals surface area contributed by atoms with Crippen LogP contribution in [0.4, 0.5) is 0 Å². The van der Waals surface area contributed by atoms with Crippen LogP contribution >= 0.6 is 0 Å². The molecule has 4 aromatic heterocycles. The molecular weight excluding hydrogens is 1160 g/mol. The molecule has 13 aromatic rings. The summed E-state index contributed by atoms with van der Waals surface area (Å²) in [7, 11) is 0. The van der Waals surface area contributed by atoms with Crippen molar-refractivity contribution >= 4 is 54.6 Å². The smallest absolute Gasteiger partial charge is 0.268 e. The van der Waals surface area contributed by atoms with E-state index in [1.807, 2.05) is 92.6 Å². The van der Waals surface area contributed by atoms with Gasteiger partial charge in [0.05, 0.1) is 45.6 Å². The standard InChI is InChI=1S/C73H63N5O.Pt/c1-71(2,3)46-48-37-38-74-69(39-48)78-65-36-33-54(77-63-29-15-13-25-59(63)60-26-14-16-30-64(60)77)44-62(65)61-35-34-56(45-68(61)78)79-55-24-19-23-53(43-55)75-47-76(67-32-18-17-31-66(67)75)70-57(49-21-11-10-12-22-49)27-20-28-58(70)50-40-51(72(4,5)6)42-52(41-50)73(7,8)9;/h10-42,44H,46H2,1-9H3;/q-2;/i10D,11D,12D,13D,14D,15D,16D,21D,22D,25D,26D,29D,30D;. The van der Waals surface area contributed by atoms with E-state index in [0.717, 1.165) is 39.8 Å². The molecule has 6 nitrogen and oxygen atoms in total. The number of hydrogen-bond donors (Lipinski definition) is 0. The van der Waals surface area contributed by atoms with Gasteiger partial charge in [-0.2, -0.15) is 18.2 Å². The summed E-state index contributed by atoms with van der Waals surface area (Å²) >= 11 is 0. The Balaban J connectivity index is 0.00000832. The fourth-order valence-electron chi connectivity index (χ4n) is 10.7. The number of rotatable bonds is 9. The second-order valence-electron chi connectivity index (χ2n) is 23.4. The summed E-state index contributed by atoms with van der Waals surface area (Å²) < 4.78 is 130. The van der Waals surface area contributed by atoms with Crippen LogP contribution in [0.5, 0.6) is 11.5 Å². The van der Waals surface area contributed by atoms with E-state index in [2.05, 4.69) is 99.0 Å². The first kappa shape index (κ1) is 39.1. The molecule has 0 radical (unpaired) electrons. The van der Waals surface area contributed by atoms with Crippen LogP contribution in [-0.2, 0) is 38.3 Å². The molecule has 4 heterocycles. The molecule has 0 unspecified atom stereocenters. The number of fused-ring (bicyclic) bond motifs is 7. The second-order valence-corrected chi connectivity index (χ2v) is 23.4. The Hall–Kier alpha value is -8.31. The number of pyridine rings is 1. The zero-order chi connectivity index (χ0) is 65.7. The third-order valence-electron chi connectivity index (χ3n) is 14.5. The number of hydrogen-bond acceptors (Lipinski definition) is 2. The van der Waals surface area contributed by atoms with Gasteiger partial charge in [-0.05, 0) is 115 Å². The number of nitrogens with zero attached hydrogens (tertiary/aromatic N) is 5. The van der Waals surface area contributed by atoms with Gasteiger partial charge in [-0.1, -0.05) is 195 Å². The van der Waals surface area contributed by atoms with Crippen molar-refractivity contribution in [2.24, 2.45) is 5.41 Å². The van der Waals surface area contributed by atoms with Crippen molar-refractivity contribution in [1.82, 2.24) is 18.7 Å². The predicted octanol–water partition coefficient (Wildman–Crippen LogP) is 18.2. The Morgan fingerprint density at radius 2 is 1.19 bits per heavy atom. The molecule has 0 fully saturated rings. The summed E-state index contributed by atoms with van der Waals surface area (Å²) in [5.74, 6) is 1.26. The Labute approximate surface area is 502 Å². The zero-order valence-corrected chi connectivity index (χ0v) is 48.1. The molecule has 0 saturated carbocycles. The van der Waals surface area contributed by atoms with Crippen LogP contribution in [-0.4, -0.2) is 18.7 Å². The first-order valence-electron chi connectivity index (χ1n) is 32.9. The zero-order valence-electron chi connectivity index (χ0n) is 58.8. The minimum atomic E-state index is -0.520. The first-order chi connectivity index (χ1) is 43.4. The topological polar surface area (TPSA) is 40.8 Å². The van der Waals surface area contributed by atoms with Crippen molar-refractivity contribution in [2.45, 2.75) is 79.6 Å². The van der Waals surface area contributed by atoms with Crippen LogP contribution in [0, 0.1) is 23.9 Å². The average Bonchev–Trinajstić information content (AvgIpc) is 1.55. The van der Waals surface area contributed by atoms with E-state index in [1.165, 1.54) is 4.57 Å². The Morgan fingerprint density at radius 3 is 1.89 bits per heavy atom. The monoisotopic (exact) mass is 1230 g/mol. The summed E-state index contributed by atoms with van der Waals surface area (Å²) in [6, 6.07) is 40.1. The van der Waals surface area contributed by atoms with Crippen molar-refractivity contribution in [3.63, 3.8) is 0 Å². The Kier molecular flexibility index (Phi) is 9.83. The van der Waals surface area contributed by atoms with Crippen molar-refractivity contribution in [2.75, 3.05) is 0 Å². The SMILES string of the molecule is [2H]c1c([2H])c([2H])c(-c2cccc(-c3cc(C(C)(C)C)cc(C(C)(C)C)c3)c2-[n+]2[c-]n(-c3[c-]c(Oc4[c-]c5c(cc4)c4cc(-n6c7c([2H])c([2H])c([2H])c([2H])c7c7c([2H])c([2H])c([2H])c([2H])c76)ccc4n5-c4cc(CC(C)(C)C)ccn4)ccc3)c3ccccc32)c([2H])c1[2H].[Pt]. The van der Waals surface area contributed by atoms with Crippen molar-refractivity contribution in [1.29, 1.82) is 0 Å². The number of benzene rings is 9. The molecular formula is C73H63N5OPt-2. The Bertz CT molecular complexity index is 5160. The second kappa shape index (κ2) is 20.1. The number of para-hydroxylation sites is 5. The molecule has 80 heavy (non-hydrogen) atoms. The van der Waals surface area contributed by atoms with Crippen LogP contribution in [0.25, 0.3) is 99.8 Å². The van der Waals surface area contributed by atoms with Crippen molar-refractivity contribution < 1.29 is 48.2 Å². The van der Waals surface area contributed by atoms with Gasteiger partial charge in [0.1, 0.15) is 5.82 Å². The maximum absolute atomic E-state index is 9.29. The van der Waals surface area contributed by atoms with Crippen LogP contribution in [0.15, 0.2) is 206 Å². The van der Waals surface area contributed by atoms with Gasteiger partial charge < -0.3 is 18.4 Å². The van der Waals surface area contributed by atoms with Crippen LogP contribution < -0.4 is 9.30 Å². The molecule has 0 amide bonds. The number of ether oxygens (including phenoxy) is 1. The third-order valence-corrected chi connectivity index (χ3v) is 14.5. The molecule has 7 heteroatoms. The van der Waals surface area contributed by atoms with E-state index in [-0.39, 0.29) is 76.8 Å². The van der Waals surface area contributed by atoms with E-state index >= 15 is 0 Å². The van der Waals surface area contributed by atoms with Gasteiger partial charge in [0.25, 0.3) is 6.33 Å². The van der Waals surface area contributed by atoms with Crippen LogP contribution in [0.3, 0.4) is 0 Å². The van der Waals surface area contributed by atoms with Gasteiger partial charge in [0.15, 0.2) is 0 Å². The molecule has 9 aromatic carbocycles. The molecule has 0 bridgehead atoms.